The van der Waals surface area contributed by atoms with E-state index in [9.17, 15) is 8.78 Å². The first-order valence-corrected chi connectivity index (χ1v) is 6.24. The molecule has 0 atom stereocenters. The van der Waals surface area contributed by atoms with Crippen LogP contribution in [0.1, 0.15) is 5.56 Å². The van der Waals surface area contributed by atoms with Crippen molar-refractivity contribution < 1.29 is 18.3 Å². The zero-order chi connectivity index (χ0) is 14.7. The molecule has 1 aromatic heterocycles. The molecule has 1 heterocycles. The van der Waals surface area contributed by atoms with Crippen LogP contribution in [-0.2, 0) is 6.61 Å². The highest BCUT2D eigenvalue weighted by atomic mass is 79.9. The quantitative estimate of drug-likeness (QED) is 0.922. The monoisotopic (exact) mass is 345 g/mol. The molecule has 2 N–H and O–H groups in total. The normalized spacial score (nSPS) is 10.4. The number of aromatic nitrogens is 2. The van der Waals surface area contributed by atoms with Crippen LogP contribution in [0.4, 0.5) is 14.6 Å². The molecule has 1 aromatic carbocycles. The number of nitrogen functional groups attached to an aromatic ring is 1. The molecule has 0 saturated heterocycles. The Morgan fingerprint density at radius 2 is 2.10 bits per heavy atom. The van der Waals surface area contributed by atoms with Gasteiger partial charge in [0.25, 0.3) is 0 Å². The number of rotatable bonds is 4. The number of anilines is 1. The van der Waals surface area contributed by atoms with E-state index < -0.39 is 11.6 Å². The Labute approximate surface area is 121 Å². The van der Waals surface area contributed by atoms with Crippen LogP contribution in [0, 0.1) is 11.6 Å². The maximum Gasteiger partial charge on any atom is 0.318 e. The molecule has 0 fully saturated rings. The lowest BCUT2D eigenvalue weighted by Gasteiger charge is -2.10. The first-order valence-electron chi connectivity index (χ1n) is 5.44. The zero-order valence-electron chi connectivity index (χ0n) is 10.4. The van der Waals surface area contributed by atoms with Crippen molar-refractivity contribution in [1.29, 1.82) is 0 Å². The largest absolute Gasteiger partial charge is 0.494 e. The van der Waals surface area contributed by atoms with Crippen LogP contribution in [0.5, 0.6) is 11.8 Å². The summed E-state index contributed by atoms with van der Waals surface area (Å²) in [6, 6.07) is 2.97. The highest BCUT2D eigenvalue weighted by molar-refractivity contribution is 9.10. The Morgan fingerprint density at radius 1 is 1.35 bits per heavy atom. The van der Waals surface area contributed by atoms with E-state index in [0.29, 0.717) is 4.47 Å². The number of hydrogen-bond acceptors (Lipinski definition) is 5. The summed E-state index contributed by atoms with van der Waals surface area (Å²) >= 11 is 3.21. The average molecular weight is 346 g/mol. The molecule has 0 radical (unpaired) electrons. The van der Waals surface area contributed by atoms with Crippen molar-refractivity contribution in [2.75, 3.05) is 12.8 Å². The predicted molar refractivity (Wildman–Crippen MR) is 71.4 cm³/mol. The number of ether oxygens (including phenoxy) is 2. The summed E-state index contributed by atoms with van der Waals surface area (Å²) in [4.78, 5) is 7.19. The van der Waals surface area contributed by atoms with Gasteiger partial charge in [0.05, 0.1) is 13.3 Å². The molecule has 0 bridgehead atoms. The lowest BCUT2D eigenvalue weighted by atomic mass is 10.2. The van der Waals surface area contributed by atoms with Gasteiger partial charge in [-0.25, -0.2) is 13.8 Å². The third-order valence-electron chi connectivity index (χ3n) is 2.47. The Morgan fingerprint density at radius 3 is 2.75 bits per heavy atom. The fourth-order valence-corrected chi connectivity index (χ4v) is 1.86. The van der Waals surface area contributed by atoms with Gasteiger partial charge in [0, 0.05) is 10.0 Å². The van der Waals surface area contributed by atoms with Gasteiger partial charge in [-0.1, -0.05) is 15.9 Å². The minimum absolute atomic E-state index is 0.0892. The summed E-state index contributed by atoms with van der Waals surface area (Å²) in [6.07, 6.45) is 0.884. The van der Waals surface area contributed by atoms with Gasteiger partial charge in [0.2, 0.25) is 0 Å². The summed E-state index contributed by atoms with van der Waals surface area (Å²) in [7, 11) is 1.36. The molecule has 0 aliphatic carbocycles. The van der Waals surface area contributed by atoms with Crippen LogP contribution < -0.4 is 15.2 Å². The zero-order valence-corrected chi connectivity index (χ0v) is 11.9. The summed E-state index contributed by atoms with van der Waals surface area (Å²) in [5.74, 6) is -1.55. The Balaban J connectivity index is 2.20. The van der Waals surface area contributed by atoms with E-state index >= 15 is 0 Å². The van der Waals surface area contributed by atoms with Gasteiger partial charge < -0.3 is 15.2 Å². The van der Waals surface area contributed by atoms with Crippen LogP contribution in [-0.4, -0.2) is 17.1 Å². The first-order chi connectivity index (χ1) is 9.52. The van der Waals surface area contributed by atoms with Crippen molar-refractivity contribution in [3.05, 3.63) is 40.0 Å². The number of halogens is 3. The van der Waals surface area contributed by atoms with Gasteiger partial charge in [-0.3, -0.25) is 0 Å². The van der Waals surface area contributed by atoms with E-state index in [0.717, 1.165) is 6.20 Å². The van der Waals surface area contributed by atoms with E-state index in [-0.39, 0.29) is 29.7 Å². The highest BCUT2D eigenvalue weighted by Gasteiger charge is 2.14. The van der Waals surface area contributed by atoms with Gasteiger partial charge in [-0.2, -0.15) is 4.98 Å². The van der Waals surface area contributed by atoms with Gasteiger partial charge in [0.15, 0.2) is 23.2 Å². The molecule has 2 rings (SSSR count). The summed E-state index contributed by atoms with van der Waals surface area (Å²) in [6.45, 7) is -0.158. The SMILES string of the molecule is COc1ccc(Br)c(COc2ncc(F)c(N)n2)c1F. The topological polar surface area (TPSA) is 70.3 Å². The average Bonchev–Trinajstić information content (AvgIpc) is 2.42. The number of methoxy groups -OCH3 is 1. The molecule has 0 spiro atoms. The van der Waals surface area contributed by atoms with Crippen molar-refractivity contribution in [2.45, 2.75) is 6.61 Å². The van der Waals surface area contributed by atoms with Crippen LogP contribution in [0.15, 0.2) is 22.8 Å². The summed E-state index contributed by atoms with van der Waals surface area (Å²) in [5, 5.41) is 0. The molecule has 5 nitrogen and oxygen atoms in total. The van der Waals surface area contributed by atoms with Crippen molar-refractivity contribution in [2.24, 2.45) is 0 Å². The Hall–Kier alpha value is -1.96. The second-order valence-electron chi connectivity index (χ2n) is 3.72. The van der Waals surface area contributed by atoms with Crippen LogP contribution >= 0.6 is 15.9 Å². The molecule has 0 aliphatic rings. The molecule has 0 aliphatic heterocycles. The molecule has 0 amide bonds. The Kier molecular flexibility index (Phi) is 4.33. The second kappa shape index (κ2) is 6.00. The molecule has 8 heteroatoms. The number of benzene rings is 1. The highest BCUT2D eigenvalue weighted by Crippen LogP contribution is 2.28. The van der Waals surface area contributed by atoms with E-state index in [1.165, 1.54) is 13.2 Å². The first kappa shape index (κ1) is 14.4. The fourth-order valence-electron chi connectivity index (χ4n) is 1.44. The van der Waals surface area contributed by atoms with Crippen LogP contribution in [0.2, 0.25) is 0 Å². The maximum atomic E-state index is 14.0. The molecular formula is C12H10BrF2N3O2. The lowest BCUT2D eigenvalue weighted by Crippen LogP contribution is -2.06. The van der Waals surface area contributed by atoms with Crippen molar-refractivity contribution in [1.82, 2.24) is 9.97 Å². The van der Waals surface area contributed by atoms with Crippen molar-refractivity contribution >= 4 is 21.7 Å². The van der Waals surface area contributed by atoms with E-state index in [1.54, 1.807) is 6.07 Å². The lowest BCUT2D eigenvalue weighted by molar-refractivity contribution is 0.271. The van der Waals surface area contributed by atoms with Crippen LogP contribution in [0.3, 0.4) is 0 Å². The number of hydrogen-bond donors (Lipinski definition) is 1. The smallest absolute Gasteiger partial charge is 0.318 e. The van der Waals surface area contributed by atoms with E-state index in [1.807, 2.05) is 0 Å². The third-order valence-corrected chi connectivity index (χ3v) is 3.21. The van der Waals surface area contributed by atoms with Crippen LogP contribution in [0.25, 0.3) is 0 Å². The van der Waals surface area contributed by atoms with Gasteiger partial charge in [-0.05, 0) is 12.1 Å². The van der Waals surface area contributed by atoms with Gasteiger partial charge in [0.1, 0.15) is 6.61 Å². The second-order valence-corrected chi connectivity index (χ2v) is 4.57. The number of nitrogens with two attached hydrogens (primary N) is 1. The Bertz CT molecular complexity index is 640. The van der Waals surface area contributed by atoms with Gasteiger partial charge >= 0.3 is 6.01 Å². The predicted octanol–water partition coefficient (Wildman–Crippen LogP) is 2.69. The molecule has 0 saturated carbocycles. The molecule has 2 aromatic rings. The third kappa shape index (κ3) is 2.96. The fraction of sp³-hybridized carbons (Fsp3) is 0.167. The standard InChI is InChI=1S/C12H10BrF2N3O2/c1-19-9-3-2-7(13)6(10(9)15)5-20-12-17-4-8(14)11(16)18-12/h2-4H,5H2,1H3,(H2,16,17,18). The molecular weight excluding hydrogens is 336 g/mol. The van der Waals surface area contributed by atoms with E-state index in [2.05, 4.69) is 25.9 Å². The summed E-state index contributed by atoms with van der Waals surface area (Å²) in [5.41, 5.74) is 5.52. The van der Waals surface area contributed by atoms with Crippen molar-refractivity contribution in [3.63, 3.8) is 0 Å². The summed E-state index contributed by atoms with van der Waals surface area (Å²) < 4.78 is 37.5. The van der Waals surface area contributed by atoms with Crippen molar-refractivity contribution in [3.8, 4) is 11.8 Å². The molecule has 0 unspecified atom stereocenters. The molecule has 20 heavy (non-hydrogen) atoms. The van der Waals surface area contributed by atoms with E-state index in [4.69, 9.17) is 15.2 Å². The van der Waals surface area contributed by atoms with Gasteiger partial charge in [-0.15, -0.1) is 0 Å². The number of nitrogens with zero attached hydrogens (tertiary/aromatic N) is 2. The molecule has 106 valence electrons. The minimum atomic E-state index is -0.744. The maximum absolute atomic E-state index is 14.0. The minimum Gasteiger partial charge on any atom is -0.494 e.